The molecule has 1 aromatic heterocycles. The summed E-state index contributed by atoms with van der Waals surface area (Å²) >= 11 is 0. The minimum absolute atomic E-state index is 0.340. The third-order valence-electron chi connectivity index (χ3n) is 4.67. The Morgan fingerprint density at radius 3 is 2.50 bits per heavy atom. The van der Waals surface area contributed by atoms with E-state index in [0.29, 0.717) is 5.92 Å². The Bertz CT molecular complexity index is 416. The van der Waals surface area contributed by atoms with Crippen LogP contribution in [0.4, 0.5) is 0 Å². The number of aromatic nitrogens is 1. The molecular weight excluding hydrogens is 222 g/mol. The Hall–Kier alpha value is -0.890. The normalized spacial score (nSPS) is 30.2. The lowest BCUT2D eigenvalue weighted by Crippen LogP contribution is -2.25. The van der Waals surface area contributed by atoms with Gasteiger partial charge >= 0.3 is 0 Å². The number of nitrogens with zero attached hydrogens (tertiary/aromatic N) is 1. The fraction of sp³-hybridized carbons (Fsp3) is 0.688. The Morgan fingerprint density at radius 2 is 1.89 bits per heavy atom. The molecule has 0 saturated heterocycles. The van der Waals surface area contributed by atoms with Crippen molar-refractivity contribution < 1.29 is 5.11 Å². The second-order valence-electron chi connectivity index (χ2n) is 6.10. The number of hydrogen-bond donors (Lipinski definition) is 1. The Kier molecular flexibility index (Phi) is 4.06. The van der Waals surface area contributed by atoms with Gasteiger partial charge in [-0.2, -0.15) is 0 Å². The van der Waals surface area contributed by atoms with Crippen LogP contribution in [0.15, 0.2) is 12.1 Å². The molecule has 18 heavy (non-hydrogen) atoms. The summed E-state index contributed by atoms with van der Waals surface area (Å²) in [5.41, 5.74) is 3.02. The molecule has 0 amide bonds. The predicted molar refractivity (Wildman–Crippen MR) is 74.3 cm³/mol. The lowest BCUT2D eigenvalue weighted by molar-refractivity contribution is 0.0554. The number of aliphatic hydroxyl groups excluding tert-OH is 1. The van der Waals surface area contributed by atoms with Crippen LogP contribution in [0.2, 0.25) is 0 Å². The van der Waals surface area contributed by atoms with Gasteiger partial charge in [0.1, 0.15) is 0 Å². The number of rotatable bonds is 2. The lowest BCUT2D eigenvalue weighted by atomic mass is 9.73. The summed E-state index contributed by atoms with van der Waals surface area (Å²) in [4.78, 5) is 4.46. The van der Waals surface area contributed by atoms with Crippen molar-refractivity contribution in [2.75, 3.05) is 0 Å². The zero-order valence-corrected chi connectivity index (χ0v) is 12.0. The molecule has 4 unspecified atom stereocenters. The molecule has 2 heteroatoms. The van der Waals surface area contributed by atoms with Crippen molar-refractivity contribution in [2.45, 2.75) is 53.1 Å². The van der Waals surface area contributed by atoms with E-state index in [0.717, 1.165) is 41.6 Å². The van der Waals surface area contributed by atoms with E-state index in [1.165, 1.54) is 6.42 Å². The highest BCUT2D eigenvalue weighted by molar-refractivity contribution is 5.24. The first-order valence-corrected chi connectivity index (χ1v) is 7.11. The van der Waals surface area contributed by atoms with Crippen molar-refractivity contribution in [1.82, 2.24) is 4.98 Å². The van der Waals surface area contributed by atoms with Gasteiger partial charge in [-0.1, -0.05) is 26.3 Å². The van der Waals surface area contributed by atoms with Crippen molar-refractivity contribution in [3.63, 3.8) is 0 Å². The highest BCUT2D eigenvalue weighted by Gasteiger charge is 2.30. The van der Waals surface area contributed by atoms with Crippen LogP contribution < -0.4 is 0 Å². The summed E-state index contributed by atoms with van der Waals surface area (Å²) in [7, 11) is 0. The molecule has 0 aromatic carbocycles. The summed E-state index contributed by atoms with van der Waals surface area (Å²) in [5, 5.41) is 10.6. The van der Waals surface area contributed by atoms with Gasteiger partial charge in [0, 0.05) is 17.0 Å². The summed E-state index contributed by atoms with van der Waals surface area (Å²) in [5.74, 6) is 1.92. The average Bonchev–Trinajstić information content (AvgIpc) is 2.32. The SMILES string of the molecule is Cc1ccc(C(O)C2CCC(C)C(C)C2)c(C)n1. The van der Waals surface area contributed by atoms with Gasteiger partial charge in [-0.05, 0) is 50.5 Å². The molecule has 1 aromatic rings. The molecule has 1 aliphatic carbocycles. The van der Waals surface area contributed by atoms with Gasteiger partial charge < -0.3 is 5.11 Å². The van der Waals surface area contributed by atoms with Gasteiger partial charge in [0.25, 0.3) is 0 Å². The Balaban J connectivity index is 2.13. The van der Waals surface area contributed by atoms with Crippen LogP contribution in [0.25, 0.3) is 0 Å². The van der Waals surface area contributed by atoms with Gasteiger partial charge in [0.15, 0.2) is 0 Å². The second kappa shape index (κ2) is 5.40. The van der Waals surface area contributed by atoms with E-state index < -0.39 is 0 Å². The van der Waals surface area contributed by atoms with Crippen LogP contribution >= 0.6 is 0 Å². The zero-order chi connectivity index (χ0) is 13.3. The first kappa shape index (κ1) is 13.5. The molecule has 2 rings (SSSR count). The monoisotopic (exact) mass is 247 g/mol. The number of aliphatic hydroxyl groups is 1. The van der Waals surface area contributed by atoms with Gasteiger partial charge in [-0.25, -0.2) is 0 Å². The van der Waals surface area contributed by atoms with E-state index >= 15 is 0 Å². The van der Waals surface area contributed by atoms with Crippen LogP contribution in [0.1, 0.15) is 56.2 Å². The lowest BCUT2D eigenvalue weighted by Gasteiger charge is -2.35. The average molecular weight is 247 g/mol. The molecule has 100 valence electrons. The first-order valence-electron chi connectivity index (χ1n) is 7.11. The smallest absolute Gasteiger partial charge is 0.0835 e. The molecule has 4 atom stereocenters. The number of pyridine rings is 1. The van der Waals surface area contributed by atoms with Crippen LogP contribution in [-0.2, 0) is 0 Å². The van der Waals surface area contributed by atoms with Crippen molar-refractivity contribution in [3.05, 3.63) is 29.1 Å². The van der Waals surface area contributed by atoms with E-state index in [1.807, 2.05) is 26.0 Å². The second-order valence-corrected chi connectivity index (χ2v) is 6.10. The van der Waals surface area contributed by atoms with Crippen molar-refractivity contribution in [2.24, 2.45) is 17.8 Å². The van der Waals surface area contributed by atoms with E-state index in [1.54, 1.807) is 0 Å². The van der Waals surface area contributed by atoms with E-state index in [4.69, 9.17) is 0 Å². The zero-order valence-electron chi connectivity index (χ0n) is 12.0. The molecule has 2 nitrogen and oxygen atoms in total. The van der Waals surface area contributed by atoms with Crippen LogP contribution in [-0.4, -0.2) is 10.1 Å². The maximum Gasteiger partial charge on any atom is 0.0835 e. The summed E-state index contributed by atoms with van der Waals surface area (Å²) in [6.07, 6.45) is 3.17. The summed E-state index contributed by atoms with van der Waals surface area (Å²) < 4.78 is 0. The Morgan fingerprint density at radius 1 is 1.17 bits per heavy atom. The largest absolute Gasteiger partial charge is 0.388 e. The minimum atomic E-state index is -0.340. The van der Waals surface area contributed by atoms with Crippen LogP contribution in [0.3, 0.4) is 0 Å². The molecule has 1 aliphatic rings. The van der Waals surface area contributed by atoms with Gasteiger partial charge in [-0.15, -0.1) is 0 Å². The van der Waals surface area contributed by atoms with Gasteiger partial charge in [0.2, 0.25) is 0 Å². The third kappa shape index (κ3) is 2.74. The maximum absolute atomic E-state index is 10.6. The number of aryl methyl sites for hydroxylation is 2. The summed E-state index contributed by atoms with van der Waals surface area (Å²) in [6.45, 7) is 8.63. The highest BCUT2D eigenvalue weighted by Crippen LogP contribution is 2.40. The molecule has 1 N–H and O–H groups in total. The highest BCUT2D eigenvalue weighted by atomic mass is 16.3. The van der Waals surface area contributed by atoms with Gasteiger partial charge in [0.05, 0.1) is 6.10 Å². The minimum Gasteiger partial charge on any atom is -0.388 e. The first-order chi connectivity index (χ1) is 8.49. The topological polar surface area (TPSA) is 33.1 Å². The van der Waals surface area contributed by atoms with E-state index in [9.17, 15) is 5.11 Å². The molecule has 0 bridgehead atoms. The van der Waals surface area contributed by atoms with Crippen molar-refractivity contribution in [1.29, 1.82) is 0 Å². The molecule has 0 aliphatic heterocycles. The quantitative estimate of drug-likeness (QED) is 0.862. The fourth-order valence-electron chi connectivity index (χ4n) is 3.14. The van der Waals surface area contributed by atoms with E-state index in [-0.39, 0.29) is 6.10 Å². The molecule has 0 spiro atoms. The standard InChI is InChI=1S/C16H25NO/c1-10-5-7-14(9-11(10)2)16(18)15-8-6-12(3)17-13(15)4/h6,8,10-11,14,16,18H,5,7,9H2,1-4H3. The maximum atomic E-state index is 10.6. The van der Waals surface area contributed by atoms with E-state index in [2.05, 4.69) is 18.8 Å². The van der Waals surface area contributed by atoms with Crippen LogP contribution in [0.5, 0.6) is 0 Å². The van der Waals surface area contributed by atoms with Crippen LogP contribution in [0, 0.1) is 31.6 Å². The third-order valence-corrected chi connectivity index (χ3v) is 4.67. The summed E-state index contributed by atoms with van der Waals surface area (Å²) in [6, 6.07) is 4.05. The molecule has 1 saturated carbocycles. The predicted octanol–water partition coefficient (Wildman–Crippen LogP) is 3.80. The molecule has 0 radical (unpaired) electrons. The van der Waals surface area contributed by atoms with Gasteiger partial charge in [-0.3, -0.25) is 4.98 Å². The molecule has 1 fully saturated rings. The number of hydrogen-bond acceptors (Lipinski definition) is 2. The van der Waals surface area contributed by atoms with Crippen molar-refractivity contribution in [3.8, 4) is 0 Å². The molecular formula is C16H25NO. The van der Waals surface area contributed by atoms with Crippen molar-refractivity contribution >= 4 is 0 Å². The Labute approximate surface area is 110 Å². The molecule has 1 heterocycles. The fourth-order valence-corrected chi connectivity index (χ4v) is 3.14.